The normalized spacial score (nSPS) is 14.4. The third kappa shape index (κ3) is 2.13. The SMILES string of the molecule is CC[C@@](C)(NC)c1nnnn1-c1ccc(C)cc1. The molecule has 0 saturated carbocycles. The van der Waals surface area contributed by atoms with Crippen molar-refractivity contribution >= 4 is 0 Å². The second kappa shape index (κ2) is 4.86. The van der Waals surface area contributed by atoms with Crippen molar-refractivity contribution in [3.05, 3.63) is 35.7 Å². The molecular weight excluding hydrogens is 226 g/mol. The zero-order valence-corrected chi connectivity index (χ0v) is 11.3. The van der Waals surface area contributed by atoms with Crippen LogP contribution in [0.2, 0.25) is 0 Å². The Morgan fingerprint density at radius 1 is 1.28 bits per heavy atom. The smallest absolute Gasteiger partial charge is 0.176 e. The average molecular weight is 245 g/mol. The zero-order chi connectivity index (χ0) is 13.2. The van der Waals surface area contributed by atoms with Crippen molar-refractivity contribution in [1.82, 2.24) is 25.5 Å². The van der Waals surface area contributed by atoms with Crippen molar-refractivity contribution < 1.29 is 0 Å². The maximum Gasteiger partial charge on any atom is 0.176 e. The van der Waals surface area contributed by atoms with Gasteiger partial charge in [-0.25, -0.2) is 0 Å². The van der Waals surface area contributed by atoms with E-state index in [1.165, 1.54) is 5.56 Å². The van der Waals surface area contributed by atoms with E-state index < -0.39 is 0 Å². The summed E-state index contributed by atoms with van der Waals surface area (Å²) in [6.45, 7) is 6.28. The molecule has 0 fully saturated rings. The van der Waals surface area contributed by atoms with Gasteiger partial charge in [0.15, 0.2) is 5.82 Å². The van der Waals surface area contributed by atoms with Gasteiger partial charge in [0.05, 0.1) is 11.2 Å². The van der Waals surface area contributed by atoms with Gasteiger partial charge >= 0.3 is 0 Å². The van der Waals surface area contributed by atoms with E-state index in [-0.39, 0.29) is 5.54 Å². The summed E-state index contributed by atoms with van der Waals surface area (Å²) in [5, 5.41) is 15.4. The predicted molar refractivity (Wildman–Crippen MR) is 70.6 cm³/mol. The molecule has 2 rings (SSSR count). The molecule has 0 amide bonds. The number of nitrogens with zero attached hydrogens (tertiary/aromatic N) is 4. The minimum atomic E-state index is -0.228. The highest BCUT2D eigenvalue weighted by atomic mass is 15.6. The highest BCUT2D eigenvalue weighted by molar-refractivity contribution is 5.34. The van der Waals surface area contributed by atoms with Crippen LogP contribution in [0, 0.1) is 6.92 Å². The van der Waals surface area contributed by atoms with Gasteiger partial charge in [-0.2, -0.15) is 4.68 Å². The molecule has 1 aromatic carbocycles. The van der Waals surface area contributed by atoms with Crippen molar-refractivity contribution in [3.8, 4) is 5.69 Å². The van der Waals surface area contributed by atoms with Crippen LogP contribution in [-0.2, 0) is 5.54 Å². The molecule has 0 saturated heterocycles. The molecule has 2 aromatic rings. The van der Waals surface area contributed by atoms with E-state index in [1.807, 2.05) is 19.2 Å². The van der Waals surface area contributed by atoms with Gasteiger partial charge in [-0.1, -0.05) is 24.6 Å². The van der Waals surface area contributed by atoms with Crippen LogP contribution in [0.15, 0.2) is 24.3 Å². The molecule has 1 atom stereocenters. The van der Waals surface area contributed by atoms with Gasteiger partial charge < -0.3 is 5.32 Å². The summed E-state index contributed by atoms with van der Waals surface area (Å²) in [6, 6.07) is 8.18. The van der Waals surface area contributed by atoms with E-state index in [0.29, 0.717) is 0 Å². The Labute approximate surface area is 107 Å². The molecular formula is C13H19N5. The summed E-state index contributed by atoms with van der Waals surface area (Å²) in [5.74, 6) is 0.830. The van der Waals surface area contributed by atoms with E-state index in [0.717, 1.165) is 17.9 Å². The fourth-order valence-electron chi connectivity index (χ4n) is 1.84. The fraction of sp³-hybridized carbons (Fsp3) is 0.462. The lowest BCUT2D eigenvalue weighted by Gasteiger charge is -2.26. The van der Waals surface area contributed by atoms with Gasteiger partial charge in [-0.3, -0.25) is 0 Å². The number of aromatic nitrogens is 4. The molecule has 0 aliphatic carbocycles. The van der Waals surface area contributed by atoms with Crippen LogP contribution in [0.5, 0.6) is 0 Å². The highest BCUT2D eigenvalue weighted by Crippen LogP contribution is 2.23. The number of benzene rings is 1. The quantitative estimate of drug-likeness (QED) is 0.892. The molecule has 96 valence electrons. The Balaban J connectivity index is 2.48. The van der Waals surface area contributed by atoms with Crippen LogP contribution < -0.4 is 5.32 Å². The summed E-state index contributed by atoms with van der Waals surface area (Å²) in [4.78, 5) is 0. The van der Waals surface area contributed by atoms with Crippen LogP contribution in [0.3, 0.4) is 0 Å². The molecule has 1 heterocycles. The first-order chi connectivity index (χ1) is 8.60. The number of hydrogen-bond donors (Lipinski definition) is 1. The largest absolute Gasteiger partial charge is 0.308 e. The predicted octanol–water partition coefficient (Wildman–Crippen LogP) is 1.82. The Morgan fingerprint density at radius 3 is 2.50 bits per heavy atom. The summed E-state index contributed by atoms with van der Waals surface area (Å²) >= 11 is 0. The Kier molecular flexibility index (Phi) is 3.43. The van der Waals surface area contributed by atoms with E-state index >= 15 is 0 Å². The van der Waals surface area contributed by atoms with Gasteiger partial charge in [-0.15, -0.1) is 5.10 Å². The number of tetrazole rings is 1. The first-order valence-electron chi connectivity index (χ1n) is 6.15. The molecule has 5 heteroatoms. The second-order valence-electron chi connectivity index (χ2n) is 4.69. The monoisotopic (exact) mass is 245 g/mol. The molecule has 1 N–H and O–H groups in total. The molecule has 1 aromatic heterocycles. The third-order valence-electron chi connectivity index (χ3n) is 3.50. The van der Waals surface area contributed by atoms with Crippen LogP contribution in [0.25, 0.3) is 5.69 Å². The minimum Gasteiger partial charge on any atom is -0.308 e. The molecule has 0 radical (unpaired) electrons. The Morgan fingerprint density at radius 2 is 1.94 bits per heavy atom. The van der Waals surface area contributed by atoms with E-state index in [9.17, 15) is 0 Å². The average Bonchev–Trinajstić information content (AvgIpc) is 2.88. The van der Waals surface area contributed by atoms with Gasteiger partial charge in [0.25, 0.3) is 0 Å². The number of hydrogen-bond acceptors (Lipinski definition) is 4. The summed E-state index contributed by atoms with van der Waals surface area (Å²) in [5.41, 5.74) is 1.98. The molecule has 0 spiro atoms. The Bertz CT molecular complexity index is 510. The molecule has 0 unspecified atom stereocenters. The molecule has 0 bridgehead atoms. The molecule has 0 aliphatic heterocycles. The van der Waals surface area contributed by atoms with Gasteiger partial charge in [0.2, 0.25) is 0 Å². The lowest BCUT2D eigenvalue weighted by Crippen LogP contribution is -2.38. The lowest BCUT2D eigenvalue weighted by molar-refractivity contribution is 0.354. The van der Waals surface area contributed by atoms with Crippen LogP contribution >= 0.6 is 0 Å². The van der Waals surface area contributed by atoms with Crippen molar-refractivity contribution in [2.24, 2.45) is 0 Å². The van der Waals surface area contributed by atoms with E-state index in [1.54, 1.807) is 4.68 Å². The summed E-state index contributed by atoms with van der Waals surface area (Å²) in [6.07, 6.45) is 0.912. The lowest BCUT2D eigenvalue weighted by atomic mass is 9.98. The molecule has 18 heavy (non-hydrogen) atoms. The topological polar surface area (TPSA) is 55.6 Å². The number of rotatable bonds is 4. The number of nitrogens with one attached hydrogen (secondary N) is 1. The first-order valence-corrected chi connectivity index (χ1v) is 6.15. The molecule has 0 aliphatic rings. The number of aryl methyl sites for hydroxylation is 1. The zero-order valence-electron chi connectivity index (χ0n) is 11.3. The van der Waals surface area contributed by atoms with Crippen LogP contribution in [0.1, 0.15) is 31.7 Å². The second-order valence-corrected chi connectivity index (χ2v) is 4.69. The van der Waals surface area contributed by atoms with Crippen LogP contribution in [-0.4, -0.2) is 27.3 Å². The van der Waals surface area contributed by atoms with Gasteiger partial charge in [-0.05, 0) is 49.9 Å². The van der Waals surface area contributed by atoms with E-state index in [2.05, 4.69) is 53.7 Å². The highest BCUT2D eigenvalue weighted by Gasteiger charge is 2.29. The maximum absolute atomic E-state index is 4.17. The minimum absolute atomic E-state index is 0.228. The van der Waals surface area contributed by atoms with Crippen molar-refractivity contribution in [2.45, 2.75) is 32.7 Å². The summed E-state index contributed by atoms with van der Waals surface area (Å²) < 4.78 is 1.79. The first kappa shape index (κ1) is 12.7. The van der Waals surface area contributed by atoms with Gasteiger partial charge in [0, 0.05) is 0 Å². The maximum atomic E-state index is 4.17. The Hall–Kier alpha value is -1.75. The summed E-state index contributed by atoms with van der Waals surface area (Å²) in [7, 11) is 1.93. The molecule has 5 nitrogen and oxygen atoms in total. The van der Waals surface area contributed by atoms with E-state index in [4.69, 9.17) is 0 Å². The van der Waals surface area contributed by atoms with Crippen LogP contribution in [0.4, 0.5) is 0 Å². The van der Waals surface area contributed by atoms with Gasteiger partial charge in [0.1, 0.15) is 0 Å². The van der Waals surface area contributed by atoms with Crippen molar-refractivity contribution in [1.29, 1.82) is 0 Å². The van der Waals surface area contributed by atoms with Crippen molar-refractivity contribution in [2.75, 3.05) is 7.05 Å². The third-order valence-corrected chi connectivity index (χ3v) is 3.50. The van der Waals surface area contributed by atoms with Crippen molar-refractivity contribution in [3.63, 3.8) is 0 Å². The standard InChI is InChI=1S/C13H19N5/c1-5-13(3,14-4)12-15-16-17-18(12)11-8-6-10(2)7-9-11/h6-9,14H,5H2,1-4H3/t13-/m1/s1. The fourth-order valence-corrected chi connectivity index (χ4v) is 1.84.